The topological polar surface area (TPSA) is 84.9 Å². The maximum absolute atomic E-state index is 5.79. The number of nitrogens with zero attached hydrogens (tertiary/aromatic N) is 5. The van der Waals surface area contributed by atoms with Gasteiger partial charge in [0, 0.05) is 43.3 Å². The van der Waals surface area contributed by atoms with Crippen LogP contribution < -0.4 is 4.74 Å². The molecule has 0 bridgehead atoms. The second-order valence-corrected chi connectivity index (χ2v) is 15.5. The summed E-state index contributed by atoms with van der Waals surface area (Å²) < 4.78 is 24.9. The van der Waals surface area contributed by atoms with Crippen molar-refractivity contribution in [1.82, 2.24) is 24.4 Å². The molecule has 0 aromatic carbocycles. The molecule has 1 fully saturated rings. The Morgan fingerprint density at radius 1 is 1.06 bits per heavy atom. The molecule has 0 radical (unpaired) electrons. The zero-order valence-corrected chi connectivity index (χ0v) is 22.6. The van der Waals surface area contributed by atoms with Gasteiger partial charge in [-0.1, -0.05) is 33.5 Å². The van der Waals surface area contributed by atoms with Gasteiger partial charge in [0.2, 0.25) is 5.88 Å². The average Bonchev–Trinajstić information content (AvgIpc) is 3.43. The molecular weight excluding hydrogens is 450 g/mol. The lowest BCUT2D eigenvalue weighted by atomic mass is 10.0. The third-order valence-corrected chi connectivity index (χ3v) is 7.21. The first kappa shape index (κ1) is 26.3. The Labute approximate surface area is 203 Å². The van der Waals surface area contributed by atoms with Gasteiger partial charge in [-0.25, -0.2) is 9.67 Å². The van der Waals surface area contributed by atoms with Crippen molar-refractivity contribution in [2.24, 2.45) is 0 Å². The molecule has 0 unspecified atom stereocenters. The summed E-state index contributed by atoms with van der Waals surface area (Å²) in [6.45, 7) is 17.7. The van der Waals surface area contributed by atoms with Crippen LogP contribution in [0.1, 0.15) is 31.0 Å². The molecule has 4 heterocycles. The normalized spacial score (nSPS) is 14.4. The first-order valence-corrected chi connectivity index (χ1v) is 15.6. The number of methoxy groups -OCH3 is 1. The van der Waals surface area contributed by atoms with Crippen LogP contribution in [0.3, 0.4) is 0 Å². The Bertz CT molecular complexity index is 1040. The fraction of sp³-hybridized carbons (Fsp3) is 0.625. The second-order valence-electron chi connectivity index (χ2n) is 9.91. The summed E-state index contributed by atoms with van der Waals surface area (Å²) in [6, 6.07) is 1.15. The highest BCUT2D eigenvalue weighted by Gasteiger charge is 2.20. The Morgan fingerprint density at radius 2 is 1.74 bits per heavy atom. The van der Waals surface area contributed by atoms with E-state index in [2.05, 4.69) is 43.7 Å². The molecule has 1 saturated heterocycles. The summed E-state index contributed by atoms with van der Waals surface area (Å²) in [7, 11) is 0.600. The van der Waals surface area contributed by atoms with Crippen molar-refractivity contribution >= 4 is 13.7 Å². The molecule has 4 rings (SSSR count). The number of hydrogen-bond acceptors (Lipinski definition) is 7. The lowest BCUT2D eigenvalue weighted by Gasteiger charge is -2.15. The average molecular weight is 490 g/mol. The number of fused-ring (bicyclic) bond motifs is 1. The van der Waals surface area contributed by atoms with Crippen LogP contribution >= 0.6 is 0 Å². The summed E-state index contributed by atoms with van der Waals surface area (Å²) in [5, 5.41) is 8.96. The van der Waals surface area contributed by atoms with E-state index in [0.29, 0.717) is 12.6 Å². The van der Waals surface area contributed by atoms with Crippen LogP contribution in [-0.2, 0) is 20.9 Å². The van der Waals surface area contributed by atoms with Gasteiger partial charge in [-0.15, -0.1) is 0 Å². The van der Waals surface area contributed by atoms with Gasteiger partial charge in [-0.2, -0.15) is 14.7 Å². The first-order chi connectivity index (χ1) is 16.2. The van der Waals surface area contributed by atoms with Crippen molar-refractivity contribution in [3.05, 3.63) is 29.8 Å². The molecule has 1 aliphatic heterocycles. The van der Waals surface area contributed by atoms with Crippen LogP contribution in [0.2, 0.25) is 25.7 Å². The molecule has 3 aromatic heterocycles. The summed E-state index contributed by atoms with van der Waals surface area (Å²) in [5.74, 6) is 1.04. The van der Waals surface area contributed by atoms with Gasteiger partial charge in [-0.3, -0.25) is 0 Å². The Balaban J connectivity index is 0.000000469. The number of aryl methyl sites for hydroxylation is 1. The minimum absolute atomic E-state index is 0.301. The zero-order valence-electron chi connectivity index (χ0n) is 21.6. The van der Waals surface area contributed by atoms with Gasteiger partial charge in [-0.05, 0) is 18.9 Å². The van der Waals surface area contributed by atoms with Crippen molar-refractivity contribution in [3.8, 4) is 17.0 Å². The van der Waals surface area contributed by atoms with E-state index in [1.54, 1.807) is 11.6 Å². The molecule has 34 heavy (non-hydrogen) atoms. The van der Waals surface area contributed by atoms with Crippen LogP contribution in [0.15, 0.2) is 18.6 Å². The molecule has 188 valence electrons. The third-order valence-electron chi connectivity index (χ3n) is 5.51. The monoisotopic (exact) mass is 489 g/mol. The molecule has 0 aliphatic carbocycles. The number of ether oxygens (including phenoxy) is 4. The van der Waals surface area contributed by atoms with Gasteiger partial charge in [0.05, 0.1) is 45.9 Å². The largest absolute Gasteiger partial charge is 0.481 e. The van der Waals surface area contributed by atoms with E-state index >= 15 is 0 Å². The lowest BCUT2D eigenvalue weighted by Crippen LogP contribution is -2.22. The van der Waals surface area contributed by atoms with E-state index in [1.165, 1.54) is 0 Å². The fourth-order valence-electron chi connectivity index (χ4n) is 3.70. The van der Waals surface area contributed by atoms with Gasteiger partial charge >= 0.3 is 0 Å². The van der Waals surface area contributed by atoms with Crippen LogP contribution in [-0.4, -0.2) is 72.6 Å². The zero-order chi connectivity index (χ0) is 24.7. The highest BCUT2D eigenvalue weighted by molar-refractivity contribution is 6.76. The summed E-state index contributed by atoms with van der Waals surface area (Å²) in [4.78, 5) is 4.81. The molecule has 3 aromatic rings. The van der Waals surface area contributed by atoms with Crippen LogP contribution in [0, 0.1) is 6.92 Å². The minimum atomic E-state index is -1.08. The van der Waals surface area contributed by atoms with E-state index in [4.69, 9.17) is 23.9 Å². The highest BCUT2D eigenvalue weighted by Crippen LogP contribution is 2.32. The lowest BCUT2D eigenvalue weighted by molar-refractivity contribution is -0.0334. The van der Waals surface area contributed by atoms with Crippen molar-refractivity contribution in [3.63, 3.8) is 0 Å². The molecule has 0 spiro atoms. The molecule has 0 amide bonds. The molecule has 0 saturated carbocycles. The van der Waals surface area contributed by atoms with E-state index in [-0.39, 0.29) is 0 Å². The summed E-state index contributed by atoms with van der Waals surface area (Å²) in [6.07, 6.45) is 5.63. The molecule has 9 nitrogen and oxygen atoms in total. The van der Waals surface area contributed by atoms with E-state index in [1.807, 2.05) is 30.2 Å². The molecule has 10 heteroatoms. The molecule has 0 atom stereocenters. The van der Waals surface area contributed by atoms with Crippen molar-refractivity contribution in [2.75, 3.05) is 40.1 Å². The number of hydrogen-bond donors (Lipinski definition) is 0. The van der Waals surface area contributed by atoms with Gasteiger partial charge in [0.1, 0.15) is 6.73 Å². The van der Waals surface area contributed by atoms with Crippen molar-refractivity contribution < 1.29 is 18.9 Å². The van der Waals surface area contributed by atoms with Crippen LogP contribution in [0.4, 0.5) is 0 Å². The first-order valence-electron chi connectivity index (χ1n) is 11.9. The third kappa shape index (κ3) is 6.88. The van der Waals surface area contributed by atoms with E-state index in [0.717, 1.165) is 73.0 Å². The molecule has 0 N–H and O–H groups in total. The standard InChI is InChI=1S/C20H31N5O2Si.C4H8O2/c1-14(2)18-15(3)23-19-17(11-22-25(19)20(18)26-4)16-10-21-24(12-16)13-27-8-9-28(5,6)7;1-2-6-4-3-5-1/h10-12,14H,8-9,13H2,1-7H3;1-4H2. The fourth-order valence-corrected chi connectivity index (χ4v) is 4.46. The SMILES string of the molecule is C1COCCO1.COc1c(C(C)C)c(C)nc2c(-c3cnn(COCC[Si](C)(C)C)c3)cnn12. The Morgan fingerprint density at radius 3 is 2.29 bits per heavy atom. The maximum Gasteiger partial charge on any atom is 0.221 e. The summed E-state index contributed by atoms with van der Waals surface area (Å²) in [5.41, 5.74) is 4.72. The predicted octanol–water partition coefficient (Wildman–Crippen LogP) is 4.38. The maximum atomic E-state index is 5.79. The molecular formula is C24H39N5O4Si. The van der Waals surface area contributed by atoms with Gasteiger partial charge in [0.15, 0.2) is 5.65 Å². The van der Waals surface area contributed by atoms with Crippen LogP contribution in [0.25, 0.3) is 16.8 Å². The minimum Gasteiger partial charge on any atom is -0.481 e. The van der Waals surface area contributed by atoms with Gasteiger partial charge in [0.25, 0.3) is 0 Å². The Kier molecular flexibility index (Phi) is 9.23. The Hall–Kier alpha value is -2.27. The van der Waals surface area contributed by atoms with Crippen molar-refractivity contribution in [2.45, 2.75) is 59.1 Å². The quantitative estimate of drug-likeness (QED) is 0.343. The van der Waals surface area contributed by atoms with E-state index < -0.39 is 8.07 Å². The second kappa shape index (κ2) is 11.9. The molecule has 1 aliphatic rings. The van der Waals surface area contributed by atoms with Gasteiger partial charge < -0.3 is 18.9 Å². The number of aromatic nitrogens is 5. The van der Waals surface area contributed by atoms with Crippen molar-refractivity contribution in [1.29, 1.82) is 0 Å². The highest BCUT2D eigenvalue weighted by atomic mass is 28.3. The van der Waals surface area contributed by atoms with E-state index in [9.17, 15) is 0 Å². The smallest absolute Gasteiger partial charge is 0.221 e. The summed E-state index contributed by atoms with van der Waals surface area (Å²) >= 11 is 0. The predicted molar refractivity (Wildman–Crippen MR) is 135 cm³/mol. The number of rotatable bonds is 8. The van der Waals surface area contributed by atoms with Crippen LogP contribution in [0.5, 0.6) is 5.88 Å².